The highest BCUT2D eigenvalue weighted by atomic mass is 14.8. The fraction of sp³-hybridized carbons (Fsp3) is 0.273. The highest BCUT2D eigenvalue weighted by Crippen LogP contribution is 2.04. The highest BCUT2D eigenvalue weighted by molar-refractivity contribution is 5.58. The molecular weight excluding hydrogens is 160 g/mol. The molecule has 0 saturated carbocycles. The van der Waals surface area contributed by atoms with Gasteiger partial charge in [-0.1, -0.05) is 39.5 Å². The van der Waals surface area contributed by atoms with Gasteiger partial charge in [-0.2, -0.15) is 0 Å². The lowest BCUT2D eigenvalue weighted by atomic mass is 10.2. The van der Waals surface area contributed by atoms with Crippen molar-refractivity contribution in [2.45, 2.75) is 20.3 Å². The number of nitrogens with zero attached hydrogens (tertiary/aromatic N) is 2. The molecule has 1 heterocycles. The molecule has 0 aliphatic heterocycles. The van der Waals surface area contributed by atoms with Crippen LogP contribution in [0.4, 0.5) is 0 Å². The van der Waals surface area contributed by atoms with E-state index in [9.17, 15) is 0 Å². The van der Waals surface area contributed by atoms with Gasteiger partial charge in [0.05, 0.1) is 5.69 Å². The van der Waals surface area contributed by atoms with E-state index in [-0.39, 0.29) is 0 Å². The molecule has 1 aromatic rings. The van der Waals surface area contributed by atoms with Crippen molar-refractivity contribution in [3.63, 3.8) is 0 Å². The third-order valence-corrected chi connectivity index (χ3v) is 1.19. The Kier molecular flexibility index (Phi) is 6.42. The minimum atomic E-state index is 0.824. The lowest BCUT2D eigenvalue weighted by Crippen LogP contribution is -1.86. The zero-order valence-electron chi connectivity index (χ0n) is 8.33. The SMILES string of the molecule is C=Cc1cncnc1C=C.CCC. The molecule has 0 aliphatic rings. The largest absolute Gasteiger partial charge is 0.244 e. The maximum absolute atomic E-state index is 3.97. The summed E-state index contributed by atoms with van der Waals surface area (Å²) in [6.45, 7) is 11.5. The van der Waals surface area contributed by atoms with Crippen LogP contribution >= 0.6 is 0 Å². The molecular formula is C11H16N2. The molecule has 0 radical (unpaired) electrons. The average molecular weight is 176 g/mol. The van der Waals surface area contributed by atoms with E-state index >= 15 is 0 Å². The van der Waals surface area contributed by atoms with E-state index in [4.69, 9.17) is 0 Å². The van der Waals surface area contributed by atoms with Crippen LogP contribution in [0.1, 0.15) is 31.5 Å². The third kappa shape index (κ3) is 4.21. The van der Waals surface area contributed by atoms with Gasteiger partial charge >= 0.3 is 0 Å². The molecule has 0 amide bonds. The first-order valence-corrected chi connectivity index (χ1v) is 4.34. The summed E-state index contributed by atoms with van der Waals surface area (Å²) >= 11 is 0. The van der Waals surface area contributed by atoms with Crippen molar-refractivity contribution in [1.82, 2.24) is 9.97 Å². The molecule has 0 spiro atoms. The monoisotopic (exact) mass is 176 g/mol. The number of hydrogen-bond donors (Lipinski definition) is 0. The van der Waals surface area contributed by atoms with Crippen LogP contribution in [0.5, 0.6) is 0 Å². The maximum atomic E-state index is 3.97. The van der Waals surface area contributed by atoms with Crippen molar-refractivity contribution in [3.05, 3.63) is 36.9 Å². The summed E-state index contributed by atoms with van der Waals surface area (Å²) in [7, 11) is 0. The Morgan fingerprint density at radius 3 is 2.31 bits per heavy atom. The van der Waals surface area contributed by atoms with Crippen LogP contribution in [0.2, 0.25) is 0 Å². The number of aromatic nitrogens is 2. The highest BCUT2D eigenvalue weighted by Gasteiger charge is 1.92. The Balaban J connectivity index is 0.000000424. The van der Waals surface area contributed by atoms with E-state index in [2.05, 4.69) is 37.0 Å². The van der Waals surface area contributed by atoms with Gasteiger partial charge < -0.3 is 0 Å². The molecule has 0 bridgehead atoms. The first kappa shape index (κ1) is 11.6. The molecule has 70 valence electrons. The van der Waals surface area contributed by atoms with Gasteiger partial charge in [-0.15, -0.1) is 0 Å². The van der Waals surface area contributed by atoms with Crippen LogP contribution in [-0.4, -0.2) is 9.97 Å². The van der Waals surface area contributed by atoms with Gasteiger partial charge in [0.15, 0.2) is 0 Å². The van der Waals surface area contributed by atoms with E-state index < -0.39 is 0 Å². The second-order valence-electron chi connectivity index (χ2n) is 2.48. The summed E-state index contributed by atoms with van der Waals surface area (Å²) in [4.78, 5) is 7.80. The average Bonchev–Trinajstić information content (AvgIpc) is 2.19. The maximum Gasteiger partial charge on any atom is 0.116 e. The van der Waals surface area contributed by atoms with E-state index in [1.807, 2.05) is 0 Å². The zero-order valence-corrected chi connectivity index (χ0v) is 8.33. The molecule has 0 unspecified atom stereocenters. The summed E-state index contributed by atoms with van der Waals surface area (Å²) in [5.74, 6) is 0. The predicted molar refractivity (Wildman–Crippen MR) is 58.2 cm³/mol. The Bertz CT molecular complexity index is 240. The van der Waals surface area contributed by atoms with Crippen LogP contribution in [0.15, 0.2) is 25.7 Å². The van der Waals surface area contributed by atoms with Crippen LogP contribution in [0.3, 0.4) is 0 Å². The molecule has 0 aromatic carbocycles. The van der Waals surface area contributed by atoms with Crippen LogP contribution < -0.4 is 0 Å². The molecule has 0 aliphatic carbocycles. The van der Waals surface area contributed by atoms with Gasteiger partial charge in [0, 0.05) is 11.8 Å². The third-order valence-electron chi connectivity index (χ3n) is 1.19. The van der Waals surface area contributed by atoms with Gasteiger partial charge in [0.1, 0.15) is 6.33 Å². The number of hydrogen-bond acceptors (Lipinski definition) is 2. The quantitative estimate of drug-likeness (QED) is 0.691. The fourth-order valence-electron chi connectivity index (χ4n) is 0.678. The lowest BCUT2D eigenvalue weighted by Gasteiger charge is -1.94. The summed E-state index contributed by atoms with van der Waals surface area (Å²) in [6, 6.07) is 0. The predicted octanol–water partition coefficient (Wildman–Crippen LogP) is 3.18. The van der Waals surface area contributed by atoms with Gasteiger partial charge in [-0.05, 0) is 6.08 Å². The second kappa shape index (κ2) is 7.22. The minimum absolute atomic E-state index is 0.824. The molecule has 1 rings (SSSR count). The van der Waals surface area contributed by atoms with Crippen LogP contribution in [-0.2, 0) is 0 Å². The molecule has 2 nitrogen and oxygen atoms in total. The Hall–Kier alpha value is -1.44. The standard InChI is InChI=1S/C8H8N2.C3H8/c1-3-7-5-9-6-10-8(7)4-2;1-3-2/h3-6H,1-2H2;3H2,1-2H3. The van der Waals surface area contributed by atoms with E-state index in [1.54, 1.807) is 18.3 Å². The fourth-order valence-corrected chi connectivity index (χ4v) is 0.678. The summed E-state index contributed by atoms with van der Waals surface area (Å²) in [5.41, 5.74) is 1.74. The van der Waals surface area contributed by atoms with Crippen molar-refractivity contribution < 1.29 is 0 Å². The zero-order chi connectivity index (χ0) is 10.1. The van der Waals surface area contributed by atoms with Gasteiger partial charge in [-0.25, -0.2) is 9.97 Å². The number of rotatable bonds is 2. The second-order valence-corrected chi connectivity index (χ2v) is 2.48. The topological polar surface area (TPSA) is 25.8 Å². The van der Waals surface area contributed by atoms with Crippen molar-refractivity contribution in [1.29, 1.82) is 0 Å². The van der Waals surface area contributed by atoms with Gasteiger partial charge in [0.25, 0.3) is 0 Å². The van der Waals surface area contributed by atoms with Crippen LogP contribution in [0.25, 0.3) is 12.2 Å². The van der Waals surface area contributed by atoms with Gasteiger partial charge in [-0.3, -0.25) is 0 Å². The van der Waals surface area contributed by atoms with Crippen molar-refractivity contribution in [2.75, 3.05) is 0 Å². The Labute approximate surface area is 80.1 Å². The smallest absolute Gasteiger partial charge is 0.116 e. The van der Waals surface area contributed by atoms with Crippen molar-refractivity contribution >= 4 is 12.2 Å². The normalized spacial score (nSPS) is 8.15. The van der Waals surface area contributed by atoms with Crippen molar-refractivity contribution in [3.8, 4) is 0 Å². The van der Waals surface area contributed by atoms with E-state index in [0.29, 0.717) is 0 Å². The molecule has 13 heavy (non-hydrogen) atoms. The molecule has 0 fully saturated rings. The first-order valence-electron chi connectivity index (χ1n) is 4.34. The first-order chi connectivity index (χ1) is 6.29. The summed E-state index contributed by atoms with van der Waals surface area (Å²) < 4.78 is 0. The Morgan fingerprint density at radius 2 is 1.92 bits per heavy atom. The Morgan fingerprint density at radius 1 is 1.31 bits per heavy atom. The summed E-state index contributed by atoms with van der Waals surface area (Å²) in [6.07, 6.45) is 7.83. The lowest BCUT2D eigenvalue weighted by molar-refractivity contribution is 1.09. The van der Waals surface area contributed by atoms with E-state index in [1.165, 1.54) is 12.7 Å². The minimum Gasteiger partial charge on any atom is -0.244 e. The molecule has 0 saturated heterocycles. The molecule has 0 N–H and O–H groups in total. The van der Waals surface area contributed by atoms with Crippen molar-refractivity contribution in [2.24, 2.45) is 0 Å². The van der Waals surface area contributed by atoms with Crippen LogP contribution in [0, 0.1) is 0 Å². The molecule has 0 atom stereocenters. The van der Waals surface area contributed by atoms with Gasteiger partial charge in [0.2, 0.25) is 0 Å². The molecule has 2 heteroatoms. The van der Waals surface area contributed by atoms with E-state index in [0.717, 1.165) is 11.3 Å². The molecule has 1 aromatic heterocycles. The summed E-state index contributed by atoms with van der Waals surface area (Å²) in [5, 5.41) is 0.